The van der Waals surface area contributed by atoms with Crippen molar-refractivity contribution in [3.05, 3.63) is 60.2 Å². The molecule has 0 spiro atoms. The second-order valence-electron chi connectivity index (χ2n) is 6.87. The maximum atomic E-state index is 13.2. The molecule has 8 heteroatoms. The van der Waals surface area contributed by atoms with E-state index in [1.807, 2.05) is 6.92 Å². The van der Waals surface area contributed by atoms with Crippen LogP contribution in [0.15, 0.2) is 48.8 Å². The first kappa shape index (κ1) is 20.1. The number of hydrogen-bond donors (Lipinski definition) is 5. The predicted octanol–water partition coefficient (Wildman–Crippen LogP) is 2.59. The highest BCUT2D eigenvalue weighted by molar-refractivity contribution is 5.96. The van der Waals surface area contributed by atoms with Crippen LogP contribution in [0.2, 0.25) is 0 Å². The number of carbonyl (C=O) groups is 1. The third-order valence-electron chi connectivity index (χ3n) is 4.72. The van der Waals surface area contributed by atoms with Gasteiger partial charge in [0, 0.05) is 17.4 Å². The Labute approximate surface area is 168 Å². The predicted molar refractivity (Wildman–Crippen MR) is 112 cm³/mol. The molecule has 2 aromatic carbocycles. The highest BCUT2D eigenvalue weighted by Crippen LogP contribution is 2.30. The molecule has 0 saturated heterocycles. The number of aromatic hydroxyl groups is 1. The van der Waals surface area contributed by atoms with E-state index in [0.29, 0.717) is 35.1 Å². The lowest BCUT2D eigenvalue weighted by molar-refractivity contribution is -0.391. The summed E-state index contributed by atoms with van der Waals surface area (Å²) in [5.74, 6) is 0.218. The summed E-state index contributed by atoms with van der Waals surface area (Å²) in [6.45, 7) is 3.72. The van der Waals surface area contributed by atoms with Crippen LogP contribution in [-0.4, -0.2) is 22.1 Å². The number of rotatable bonds is 7. The van der Waals surface area contributed by atoms with Crippen molar-refractivity contribution in [2.75, 3.05) is 16.8 Å². The molecule has 2 unspecified atom stereocenters. The standard InChI is InChI=1S/C21H25N5O3/c1-3-17(29-18-7-5-13(22)10-15(18)23)19(20-24-8-9-25-20)21(28)26-14-6-4-12(2)16(27)11-14/h4-11,17,19,27H,3,22-23H2,1-2H3,(H,24,25)(H,26,28)/p+1. The van der Waals surface area contributed by atoms with Crippen molar-refractivity contribution in [3.8, 4) is 11.5 Å². The molecule has 0 saturated carbocycles. The van der Waals surface area contributed by atoms with Gasteiger partial charge in [-0.3, -0.25) is 4.79 Å². The number of ether oxygens (including phenoxy) is 1. The van der Waals surface area contributed by atoms with Gasteiger partial charge in [0.15, 0.2) is 5.92 Å². The topological polar surface area (TPSA) is 141 Å². The van der Waals surface area contributed by atoms with Gasteiger partial charge in [0.2, 0.25) is 5.91 Å². The second-order valence-corrected chi connectivity index (χ2v) is 6.87. The molecule has 0 aliphatic heterocycles. The van der Waals surface area contributed by atoms with Gasteiger partial charge in [-0.05, 0) is 43.2 Å². The molecule has 3 aromatic rings. The molecule has 2 atom stereocenters. The average Bonchev–Trinajstić information content (AvgIpc) is 3.20. The first-order valence-electron chi connectivity index (χ1n) is 9.36. The molecule has 0 bridgehead atoms. The van der Waals surface area contributed by atoms with E-state index in [4.69, 9.17) is 16.2 Å². The van der Waals surface area contributed by atoms with Gasteiger partial charge in [-0.15, -0.1) is 0 Å². The van der Waals surface area contributed by atoms with Gasteiger partial charge in [0.05, 0.1) is 5.69 Å². The van der Waals surface area contributed by atoms with Crippen LogP contribution in [0.4, 0.5) is 17.1 Å². The molecule has 152 valence electrons. The van der Waals surface area contributed by atoms with Gasteiger partial charge in [0.1, 0.15) is 30.0 Å². The molecule has 0 radical (unpaired) electrons. The molecular weight excluding hydrogens is 370 g/mol. The molecule has 8 N–H and O–H groups in total. The summed E-state index contributed by atoms with van der Waals surface area (Å²) in [7, 11) is 0. The molecule has 8 nitrogen and oxygen atoms in total. The number of aryl methyl sites for hydroxylation is 1. The number of hydrogen-bond acceptors (Lipinski definition) is 5. The fraction of sp³-hybridized carbons (Fsp3) is 0.238. The number of anilines is 3. The number of benzene rings is 2. The van der Waals surface area contributed by atoms with Crippen LogP contribution >= 0.6 is 0 Å². The first-order chi connectivity index (χ1) is 13.9. The number of aromatic nitrogens is 2. The second kappa shape index (κ2) is 8.55. The van der Waals surface area contributed by atoms with E-state index in [-0.39, 0.29) is 11.7 Å². The molecule has 1 aromatic heterocycles. The van der Waals surface area contributed by atoms with Crippen LogP contribution in [-0.2, 0) is 4.79 Å². The number of nitrogen functional groups attached to an aromatic ring is 2. The Balaban J connectivity index is 1.88. The summed E-state index contributed by atoms with van der Waals surface area (Å²) in [6.07, 6.45) is 3.46. The first-order valence-corrected chi connectivity index (χ1v) is 9.36. The van der Waals surface area contributed by atoms with E-state index in [9.17, 15) is 9.90 Å². The number of amides is 1. The van der Waals surface area contributed by atoms with Crippen molar-refractivity contribution in [2.24, 2.45) is 0 Å². The van der Waals surface area contributed by atoms with Crippen LogP contribution in [0.1, 0.15) is 30.7 Å². The molecule has 1 amide bonds. The minimum atomic E-state index is -0.671. The van der Waals surface area contributed by atoms with Crippen LogP contribution in [0, 0.1) is 6.92 Å². The van der Waals surface area contributed by atoms with E-state index in [1.54, 1.807) is 49.6 Å². The lowest BCUT2D eigenvalue weighted by Crippen LogP contribution is -2.37. The van der Waals surface area contributed by atoms with Crippen LogP contribution in [0.3, 0.4) is 0 Å². The van der Waals surface area contributed by atoms with Gasteiger partial charge < -0.3 is 26.6 Å². The van der Waals surface area contributed by atoms with E-state index < -0.39 is 12.0 Å². The summed E-state index contributed by atoms with van der Waals surface area (Å²) >= 11 is 0. The molecule has 0 aliphatic rings. The van der Waals surface area contributed by atoms with Crippen LogP contribution in [0.25, 0.3) is 0 Å². The lowest BCUT2D eigenvalue weighted by Gasteiger charge is -2.24. The maximum Gasteiger partial charge on any atom is 0.268 e. The van der Waals surface area contributed by atoms with Crippen molar-refractivity contribution in [1.29, 1.82) is 0 Å². The highest BCUT2D eigenvalue weighted by atomic mass is 16.5. The molecule has 0 fully saturated rings. The Morgan fingerprint density at radius 1 is 1.28 bits per heavy atom. The lowest BCUT2D eigenvalue weighted by atomic mass is 9.97. The SMILES string of the molecule is CCC(Oc1ccc(N)cc1N)C(C(=O)Nc1ccc(C)c(O)c1)c1[nH]cc[nH+]1. The third kappa shape index (κ3) is 4.60. The van der Waals surface area contributed by atoms with E-state index >= 15 is 0 Å². The van der Waals surface area contributed by atoms with Crippen molar-refractivity contribution < 1.29 is 19.6 Å². The molecule has 0 aliphatic carbocycles. The molecule has 29 heavy (non-hydrogen) atoms. The number of aromatic amines is 2. The van der Waals surface area contributed by atoms with Crippen LogP contribution in [0.5, 0.6) is 11.5 Å². The number of carbonyl (C=O) groups excluding carboxylic acids is 1. The number of H-pyrrole nitrogens is 2. The summed E-state index contributed by atoms with van der Waals surface area (Å²) in [5, 5.41) is 12.8. The number of nitrogens with one attached hydrogen (secondary N) is 3. The zero-order valence-electron chi connectivity index (χ0n) is 16.4. The number of phenolic OH excluding ortho intramolecular Hbond substituents is 1. The molecular formula is C21H26N5O3+. The summed E-state index contributed by atoms with van der Waals surface area (Å²) < 4.78 is 6.11. The van der Waals surface area contributed by atoms with Crippen molar-refractivity contribution in [1.82, 2.24) is 4.98 Å². The Kier molecular flexibility index (Phi) is 5.92. The monoisotopic (exact) mass is 396 g/mol. The summed E-state index contributed by atoms with van der Waals surface area (Å²) in [5.41, 5.74) is 13.9. The zero-order valence-corrected chi connectivity index (χ0v) is 16.4. The molecule has 3 rings (SSSR count). The van der Waals surface area contributed by atoms with Crippen molar-refractivity contribution in [2.45, 2.75) is 32.3 Å². The third-order valence-corrected chi connectivity index (χ3v) is 4.72. The van der Waals surface area contributed by atoms with Crippen molar-refractivity contribution >= 4 is 23.0 Å². The van der Waals surface area contributed by atoms with E-state index in [1.165, 1.54) is 6.07 Å². The fourth-order valence-corrected chi connectivity index (χ4v) is 3.10. The number of nitrogens with two attached hydrogens (primary N) is 2. The van der Waals surface area contributed by atoms with Gasteiger partial charge in [-0.25, -0.2) is 9.97 Å². The van der Waals surface area contributed by atoms with Crippen LogP contribution < -0.4 is 26.5 Å². The highest BCUT2D eigenvalue weighted by Gasteiger charge is 2.36. The zero-order chi connectivity index (χ0) is 21.0. The average molecular weight is 396 g/mol. The van der Waals surface area contributed by atoms with Gasteiger partial charge in [-0.1, -0.05) is 13.0 Å². The largest absolute Gasteiger partial charge is 0.508 e. The van der Waals surface area contributed by atoms with Gasteiger partial charge >= 0.3 is 0 Å². The summed E-state index contributed by atoms with van der Waals surface area (Å²) in [6, 6.07) is 10.0. The number of imidazole rings is 1. The minimum Gasteiger partial charge on any atom is -0.508 e. The minimum absolute atomic E-state index is 0.115. The van der Waals surface area contributed by atoms with E-state index in [2.05, 4.69) is 15.3 Å². The summed E-state index contributed by atoms with van der Waals surface area (Å²) in [4.78, 5) is 19.3. The Morgan fingerprint density at radius 2 is 2.07 bits per heavy atom. The number of phenols is 1. The Bertz CT molecular complexity index is 988. The maximum absolute atomic E-state index is 13.2. The quantitative estimate of drug-likeness (QED) is 0.390. The van der Waals surface area contributed by atoms with Gasteiger partial charge in [-0.2, -0.15) is 0 Å². The fourth-order valence-electron chi connectivity index (χ4n) is 3.10. The normalized spacial score (nSPS) is 12.9. The van der Waals surface area contributed by atoms with E-state index in [0.717, 1.165) is 5.56 Å². The Hall–Kier alpha value is -3.68. The molecule has 1 heterocycles. The van der Waals surface area contributed by atoms with Gasteiger partial charge in [0.25, 0.3) is 5.82 Å². The Morgan fingerprint density at radius 3 is 2.69 bits per heavy atom. The smallest absolute Gasteiger partial charge is 0.268 e. The van der Waals surface area contributed by atoms with Crippen molar-refractivity contribution in [3.63, 3.8) is 0 Å².